The summed E-state index contributed by atoms with van der Waals surface area (Å²) in [7, 11) is 1.57. The van der Waals surface area contributed by atoms with E-state index in [4.69, 9.17) is 14.3 Å². The van der Waals surface area contributed by atoms with E-state index >= 15 is 0 Å². The SMILES string of the molecule is COc1ccc(-c2nc(C(=O)Cc3cc4cn(C5CCCC5)nc4cc3C3CC3)co2)cn1. The minimum atomic E-state index is -0.0455. The van der Waals surface area contributed by atoms with Gasteiger partial charge in [0, 0.05) is 30.3 Å². The largest absolute Gasteiger partial charge is 0.481 e. The minimum Gasteiger partial charge on any atom is -0.481 e. The van der Waals surface area contributed by atoms with Crippen molar-refractivity contribution in [2.24, 2.45) is 0 Å². The van der Waals surface area contributed by atoms with Gasteiger partial charge < -0.3 is 9.15 Å². The molecule has 6 rings (SSSR count). The topological polar surface area (TPSA) is 83.0 Å². The molecule has 0 aliphatic heterocycles. The number of oxazole rings is 1. The first-order valence-electron chi connectivity index (χ1n) is 11.7. The van der Waals surface area contributed by atoms with Crippen molar-refractivity contribution in [2.75, 3.05) is 7.11 Å². The second kappa shape index (κ2) is 8.14. The third kappa shape index (κ3) is 3.92. The highest BCUT2D eigenvalue weighted by Gasteiger charge is 2.28. The zero-order valence-corrected chi connectivity index (χ0v) is 18.7. The summed E-state index contributed by atoms with van der Waals surface area (Å²) in [6.45, 7) is 0. The molecule has 168 valence electrons. The Morgan fingerprint density at radius 2 is 2.03 bits per heavy atom. The van der Waals surface area contributed by atoms with Crippen molar-refractivity contribution < 1.29 is 13.9 Å². The maximum atomic E-state index is 13.1. The standard InChI is InChI=1S/C26H26N4O3/c1-32-25-9-8-17(13-27-25)26-28-23(15-33-26)24(31)11-18-10-19-14-30(20-4-2-3-5-20)29-22(19)12-21(18)16-6-7-16/h8-10,12-16,20H,2-7,11H2,1H3. The van der Waals surface area contributed by atoms with E-state index in [1.807, 2.05) is 6.07 Å². The quantitative estimate of drug-likeness (QED) is 0.351. The average molecular weight is 443 g/mol. The summed E-state index contributed by atoms with van der Waals surface area (Å²) in [6, 6.07) is 8.43. The zero-order chi connectivity index (χ0) is 22.4. The van der Waals surface area contributed by atoms with Crippen LogP contribution in [0, 0.1) is 0 Å². The van der Waals surface area contributed by atoms with Gasteiger partial charge in [-0.15, -0.1) is 0 Å². The Balaban J connectivity index is 1.27. The summed E-state index contributed by atoms with van der Waals surface area (Å²) in [5.74, 6) is 1.38. The molecule has 7 heteroatoms. The molecule has 0 bridgehead atoms. The van der Waals surface area contributed by atoms with Crippen LogP contribution < -0.4 is 4.74 Å². The van der Waals surface area contributed by atoms with E-state index in [9.17, 15) is 4.79 Å². The third-order valence-electron chi connectivity index (χ3n) is 6.83. The molecule has 0 spiro atoms. The lowest BCUT2D eigenvalue weighted by molar-refractivity contribution is 0.0988. The van der Waals surface area contributed by atoms with E-state index in [-0.39, 0.29) is 5.78 Å². The van der Waals surface area contributed by atoms with Gasteiger partial charge in [-0.05, 0) is 60.9 Å². The van der Waals surface area contributed by atoms with Crippen LogP contribution in [-0.4, -0.2) is 32.6 Å². The molecule has 2 aliphatic rings. The van der Waals surface area contributed by atoms with E-state index in [2.05, 4.69) is 33.0 Å². The predicted molar refractivity (Wildman–Crippen MR) is 124 cm³/mol. The van der Waals surface area contributed by atoms with Crippen molar-refractivity contribution in [1.82, 2.24) is 19.7 Å². The van der Waals surface area contributed by atoms with Gasteiger partial charge in [0.1, 0.15) is 12.0 Å². The van der Waals surface area contributed by atoms with Gasteiger partial charge in [-0.2, -0.15) is 5.10 Å². The monoisotopic (exact) mass is 442 g/mol. The van der Waals surface area contributed by atoms with Crippen LogP contribution in [0.15, 0.2) is 47.3 Å². The molecule has 0 radical (unpaired) electrons. The van der Waals surface area contributed by atoms with Crippen molar-refractivity contribution in [3.63, 3.8) is 0 Å². The number of pyridine rings is 1. The number of nitrogens with zero attached hydrogens (tertiary/aromatic N) is 4. The van der Waals surface area contributed by atoms with Crippen molar-refractivity contribution in [3.05, 3.63) is 59.7 Å². The van der Waals surface area contributed by atoms with E-state index in [0.29, 0.717) is 41.4 Å². The van der Waals surface area contributed by atoms with Crippen molar-refractivity contribution >= 4 is 16.7 Å². The summed E-state index contributed by atoms with van der Waals surface area (Å²) in [4.78, 5) is 21.7. The number of Topliss-reactive ketones (excluding diaryl/α,β-unsaturated/α-hetero) is 1. The van der Waals surface area contributed by atoms with Gasteiger partial charge >= 0.3 is 0 Å². The van der Waals surface area contributed by atoms with Crippen LogP contribution in [0.4, 0.5) is 0 Å². The number of benzene rings is 1. The molecule has 3 heterocycles. The first kappa shape index (κ1) is 20.1. The summed E-state index contributed by atoms with van der Waals surface area (Å²) in [5, 5.41) is 5.99. The molecule has 2 fully saturated rings. The molecule has 2 aliphatic carbocycles. The van der Waals surface area contributed by atoms with Gasteiger partial charge in [-0.1, -0.05) is 12.8 Å². The van der Waals surface area contributed by atoms with E-state index in [1.165, 1.54) is 50.4 Å². The van der Waals surface area contributed by atoms with Gasteiger partial charge in [-0.25, -0.2) is 9.97 Å². The molecule has 0 N–H and O–H groups in total. The molecule has 4 aromatic rings. The summed E-state index contributed by atoms with van der Waals surface area (Å²) >= 11 is 0. The fraction of sp³-hybridized carbons (Fsp3) is 0.385. The fourth-order valence-electron chi connectivity index (χ4n) is 4.86. The van der Waals surface area contributed by atoms with E-state index in [1.54, 1.807) is 19.4 Å². The summed E-state index contributed by atoms with van der Waals surface area (Å²) in [6.07, 6.45) is 12.8. The maximum absolute atomic E-state index is 13.1. The van der Waals surface area contributed by atoms with Gasteiger partial charge in [-0.3, -0.25) is 9.48 Å². The third-order valence-corrected chi connectivity index (χ3v) is 6.83. The van der Waals surface area contributed by atoms with Crippen LogP contribution in [0.5, 0.6) is 5.88 Å². The zero-order valence-electron chi connectivity index (χ0n) is 18.7. The molecule has 33 heavy (non-hydrogen) atoms. The van der Waals surface area contributed by atoms with Crippen LogP contribution in [0.3, 0.4) is 0 Å². The molecule has 1 aromatic carbocycles. The van der Waals surface area contributed by atoms with Crippen LogP contribution >= 0.6 is 0 Å². The van der Waals surface area contributed by atoms with Crippen LogP contribution in [-0.2, 0) is 6.42 Å². The van der Waals surface area contributed by atoms with Gasteiger partial charge in [0.05, 0.1) is 24.2 Å². The Hall–Kier alpha value is -3.48. The van der Waals surface area contributed by atoms with E-state index in [0.717, 1.165) is 16.5 Å². The number of carbonyl (C=O) groups is 1. The molecular formula is C26H26N4O3. The molecule has 0 atom stereocenters. The normalized spacial score (nSPS) is 16.5. The molecule has 0 amide bonds. The number of aromatic nitrogens is 4. The second-order valence-electron chi connectivity index (χ2n) is 9.16. The number of methoxy groups -OCH3 is 1. The second-order valence-corrected chi connectivity index (χ2v) is 9.16. The molecule has 0 unspecified atom stereocenters. The van der Waals surface area contributed by atoms with Crippen LogP contribution in [0.1, 0.15) is 72.1 Å². The Morgan fingerprint density at radius 1 is 1.18 bits per heavy atom. The Labute approximate surface area is 191 Å². The highest BCUT2D eigenvalue weighted by Crippen LogP contribution is 2.43. The number of hydrogen-bond donors (Lipinski definition) is 0. The van der Waals surface area contributed by atoms with Crippen molar-refractivity contribution in [3.8, 4) is 17.3 Å². The van der Waals surface area contributed by atoms with Crippen LogP contribution in [0.25, 0.3) is 22.4 Å². The molecule has 2 saturated carbocycles. The number of carbonyl (C=O) groups excluding carboxylic acids is 1. The van der Waals surface area contributed by atoms with E-state index < -0.39 is 0 Å². The maximum Gasteiger partial charge on any atom is 0.228 e. The molecule has 0 saturated heterocycles. The van der Waals surface area contributed by atoms with Gasteiger partial charge in [0.15, 0.2) is 5.78 Å². The number of rotatable bonds is 7. The van der Waals surface area contributed by atoms with Gasteiger partial charge in [0.2, 0.25) is 11.8 Å². The Kier molecular flexibility index (Phi) is 4.97. The number of hydrogen-bond acceptors (Lipinski definition) is 6. The molecule has 7 nitrogen and oxygen atoms in total. The van der Waals surface area contributed by atoms with Crippen molar-refractivity contribution in [1.29, 1.82) is 0 Å². The van der Waals surface area contributed by atoms with Crippen LogP contribution in [0.2, 0.25) is 0 Å². The number of ether oxygens (including phenoxy) is 1. The lowest BCUT2D eigenvalue weighted by atomic mass is 9.96. The molecule has 3 aromatic heterocycles. The first-order valence-corrected chi connectivity index (χ1v) is 11.7. The lowest BCUT2D eigenvalue weighted by Gasteiger charge is -2.08. The first-order chi connectivity index (χ1) is 16.2. The minimum absolute atomic E-state index is 0.0455. The molecular weight excluding hydrogens is 416 g/mol. The smallest absolute Gasteiger partial charge is 0.228 e. The van der Waals surface area contributed by atoms with Gasteiger partial charge in [0.25, 0.3) is 0 Å². The Bertz CT molecular complexity index is 1310. The highest BCUT2D eigenvalue weighted by molar-refractivity contribution is 5.96. The number of ketones is 1. The Morgan fingerprint density at radius 3 is 2.76 bits per heavy atom. The average Bonchev–Trinajstić information content (AvgIpc) is 3.24. The predicted octanol–water partition coefficient (Wildman–Crippen LogP) is 5.51. The number of fused-ring (bicyclic) bond motifs is 1. The summed E-state index contributed by atoms with van der Waals surface area (Å²) in [5.41, 5.74) is 4.42. The highest BCUT2D eigenvalue weighted by atomic mass is 16.5. The van der Waals surface area contributed by atoms with Crippen molar-refractivity contribution in [2.45, 2.75) is 56.9 Å². The fourth-order valence-corrected chi connectivity index (χ4v) is 4.86. The summed E-state index contributed by atoms with van der Waals surface area (Å²) < 4.78 is 12.8. The lowest BCUT2D eigenvalue weighted by Crippen LogP contribution is -2.06.